The van der Waals surface area contributed by atoms with Gasteiger partial charge in [0.25, 0.3) is 0 Å². The molecule has 0 unspecified atom stereocenters. The van der Waals surface area contributed by atoms with Crippen molar-refractivity contribution in [1.29, 1.82) is 0 Å². The second kappa shape index (κ2) is 4.34. The lowest BCUT2D eigenvalue weighted by molar-refractivity contribution is 0.615. The first-order valence-corrected chi connectivity index (χ1v) is 6.57. The van der Waals surface area contributed by atoms with Crippen molar-refractivity contribution in [3.8, 4) is 11.3 Å². The smallest absolute Gasteiger partial charge is 0.145 e. The third-order valence-corrected chi connectivity index (χ3v) is 3.66. The average molecular weight is 278 g/mol. The second-order valence-electron chi connectivity index (χ2n) is 4.94. The Morgan fingerprint density at radius 2 is 2.05 bits per heavy atom. The van der Waals surface area contributed by atoms with Crippen molar-refractivity contribution >= 4 is 21.9 Å². The van der Waals surface area contributed by atoms with E-state index < -0.39 is 0 Å². The van der Waals surface area contributed by atoms with Crippen molar-refractivity contribution in [2.24, 2.45) is 0 Å². The van der Waals surface area contributed by atoms with Gasteiger partial charge < -0.3 is 4.98 Å². The maximum absolute atomic E-state index is 13.8. The van der Waals surface area contributed by atoms with E-state index in [9.17, 15) is 4.39 Å². The minimum Gasteiger partial charge on any atom is -0.338 e. The van der Waals surface area contributed by atoms with Gasteiger partial charge in [-0.1, -0.05) is 0 Å². The van der Waals surface area contributed by atoms with Crippen molar-refractivity contribution in [1.82, 2.24) is 19.9 Å². The van der Waals surface area contributed by atoms with Crippen molar-refractivity contribution < 1.29 is 4.39 Å². The van der Waals surface area contributed by atoms with Gasteiger partial charge in [0.15, 0.2) is 0 Å². The number of fused-ring (bicyclic) bond motifs is 3. The van der Waals surface area contributed by atoms with E-state index in [4.69, 9.17) is 0 Å². The van der Waals surface area contributed by atoms with E-state index in [1.165, 1.54) is 6.20 Å². The zero-order valence-corrected chi connectivity index (χ0v) is 11.3. The van der Waals surface area contributed by atoms with Gasteiger partial charge in [0.05, 0.1) is 23.6 Å². The molecule has 0 fully saturated rings. The molecule has 21 heavy (non-hydrogen) atoms. The molecule has 0 atom stereocenters. The van der Waals surface area contributed by atoms with E-state index in [1.54, 1.807) is 25.5 Å². The third-order valence-electron chi connectivity index (χ3n) is 3.66. The Kier molecular flexibility index (Phi) is 2.47. The van der Waals surface area contributed by atoms with Gasteiger partial charge in [0.2, 0.25) is 0 Å². The molecule has 5 heteroatoms. The van der Waals surface area contributed by atoms with Crippen LogP contribution >= 0.6 is 0 Å². The number of hydrogen-bond donors (Lipinski definition) is 1. The topological polar surface area (TPSA) is 54.5 Å². The molecule has 4 aromatic rings. The summed E-state index contributed by atoms with van der Waals surface area (Å²) in [6, 6.07) is 5.75. The van der Waals surface area contributed by atoms with Crippen LogP contribution in [0.4, 0.5) is 4.39 Å². The number of hydrogen-bond acceptors (Lipinski definition) is 3. The predicted octanol–water partition coefficient (Wildman–Crippen LogP) is 3.62. The van der Waals surface area contributed by atoms with Gasteiger partial charge in [-0.15, -0.1) is 0 Å². The van der Waals surface area contributed by atoms with Gasteiger partial charge in [-0.05, 0) is 30.7 Å². The van der Waals surface area contributed by atoms with E-state index in [-0.39, 0.29) is 5.82 Å². The molecule has 4 rings (SSSR count). The number of aromatic nitrogens is 4. The predicted molar refractivity (Wildman–Crippen MR) is 79.3 cm³/mol. The van der Waals surface area contributed by atoms with E-state index in [0.29, 0.717) is 11.2 Å². The minimum absolute atomic E-state index is 0.303. The van der Waals surface area contributed by atoms with E-state index in [2.05, 4.69) is 19.9 Å². The molecule has 0 aliphatic rings. The highest BCUT2D eigenvalue weighted by Crippen LogP contribution is 2.30. The molecule has 4 nitrogen and oxygen atoms in total. The molecule has 0 bridgehead atoms. The lowest BCUT2D eigenvalue weighted by Gasteiger charge is -2.01. The first-order valence-electron chi connectivity index (χ1n) is 6.57. The normalized spacial score (nSPS) is 11.3. The van der Waals surface area contributed by atoms with Crippen molar-refractivity contribution in [2.45, 2.75) is 6.92 Å². The summed E-state index contributed by atoms with van der Waals surface area (Å²) in [6.07, 6.45) is 6.46. The zero-order valence-electron chi connectivity index (χ0n) is 11.3. The maximum Gasteiger partial charge on any atom is 0.145 e. The molecule has 4 aromatic heterocycles. The molecule has 0 aliphatic carbocycles. The summed E-state index contributed by atoms with van der Waals surface area (Å²) >= 11 is 0. The van der Waals surface area contributed by atoms with Gasteiger partial charge in [-0.2, -0.15) is 0 Å². The highest BCUT2D eigenvalue weighted by Gasteiger charge is 2.12. The van der Waals surface area contributed by atoms with E-state index >= 15 is 0 Å². The number of pyridine rings is 3. The summed E-state index contributed by atoms with van der Waals surface area (Å²) in [5.41, 5.74) is 3.85. The monoisotopic (exact) mass is 278 g/mol. The Labute approximate surface area is 119 Å². The van der Waals surface area contributed by atoms with E-state index in [1.807, 2.05) is 18.2 Å². The summed E-state index contributed by atoms with van der Waals surface area (Å²) in [6.45, 7) is 1.76. The van der Waals surface area contributed by atoms with Crippen LogP contribution in [0.5, 0.6) is 0 Å². The van der Waals surface area contributed by atoms with E-state index in [0.717, 1.165) is 27.5 Å². The van der Waals surface area contributed by atoms with Crippen LogP contribution in [0.1, 0.15) is 5.56 Å². The molecule has 0 saturated heterocycles. The largest absolute Gasteiger partial charge is 0.338 e. The number of rotatable bonds is 1. The Morgan fingerprint density at radius 3 is 2.86 bits per heavy atom. The highest BCUT2D eigenvalue weighted by molar-refractivity contribution is 6.08. The standard InChI is InChI=1S/C16H11FN4/c1-9-12(17)7-20-16-15(9)11-5-13(19-8-14(11)21-16)10-3-2-4-18-6-10/h2-8H,1H3,(H,20,21). The summed E-state index contributed by atoms with van der Waals surface area (Å²) in [4.78, 5) is 15.8. The summed E-state index contributed by atoms with van der Waals surface area (Å²) < 4.78 is 13.8. The molecule has 0 aliphatic heterocycles. The summed E-state index contributed by atoms with van der Waals surface area (Å²) in [7, 11) is 0. The van der Waals surface area contributed by atoms with Crippen LogP contribution in [0.15, 0.2) is 43.0 Å². The number of nitrogens with zero attached hydrogens (tertiary/aromatic N) is 3. The van der Waals surface area contributed by atoms with Crippen LogP contribution in [0.2, 0.25) is 0 Å². The Hall–Kier alpha value is -2.82. The molecule has 0 spiro atoms. The van der Waals surface area contributed by atoms with Crippen LogP contribution in [-0.2, 0) is 0 Å². The number of aryl methyl sites for hydroxylation is 1. The highest BCUT2D eigenvalue weighted by atomic mass is 19.1. The molecule has 4 heterocycles. The maximum atomic E-state index is 13.8. The molecule has 0 aromatic carbocycles. The van der Waals surface area contributed by atoms with Crippen LogP contribution in [0.25, 0.3) is 33.2 Å². The average Bonchev–Trinajstić information content (AvgIpc) is 2.90. The van der Waals surface area contributed by atoms with Crippen LogP contribution < -0.4 is 0 Å². The van der Waals surface area contributed by atoms with Crippen LogP contribution in [0.3, 0.4) is 0 Å². The minimum atomic E-state index is -0.303. The Bertz CT molecular complexity index is 960. The lowest BCUT2D eigenvalue weighted by Crippen LogP contribution is -1.87. The first kappa shape index (κ1) is 12.0. The molecule has 102 valence electrons. The Morgan fingerprint density at radius 1 is 1.14 bits per heavy atom. The van der Waals surface area contributed by atoms with Crippen LogP contribution in [0, 0.1) is 12.7 Å². The molecule has 1 N–H and O–H groups in total. The first-order chi connectivity index (χ1) is 10.2. The zero-order chi connectivity index (χ0) is 14.4. The van der Waals surface area contributed by atoms with Gasteiger partial charge in [0, 0.05) is 28.7 Å². The van der Waals surface area contributed by atoms with Crippen molar-refractivity contribution in [3.05, 3.63) is 54.4 Å². The molecular weight excluding hydrogens is 267 g/mol. The van der Waals surface area contributed by atoms with Gasteiger partial charge in [-0.25, -0.2) is 9.37 Å². The van der Waals surface area contributed by atoms with Crippen molar-refractivity contribution in [2.75, 3.05) is 0 Å². The van der Waals surface area contributed by atoms with Crippen LogP contribution in [-0.4, -0.2) is 19.9 Å². The number of nitrogens with one attached hydrogen (secondary N) is 1. The van der Waals surface area contributed by atoms with Crippen molar-refractivity contribution in [3.63, 3.8) is 0 Å². The molecule has 0 saturated carbocycles. The molecular formula is C16H11FN4. The fourth-order valence-corrected chi connectivity index (χ4v) is 2.57. The number of aromatic amines is 1. The summed E-state index contributed by atoms with van der Waals surface area (Å²) in [5.74, 6) is -0.303. The van der Waals surface area contributed by atoms with Gasteiger partial charge in [-0.3, -0.25) is 9.97 Å². The SMILES string of the molecule is Cc1c(F)cnc2[nH]c3cnc(-c4cccnc4)cc3c12. The molecule has 0 radical (unpaired) electrons. The fraction of sp³-hybridized carbons (Fsp3) is 0.0625. The number of H-pyrrole nitrogens is 1. The van der Waals surface area contributed by atoms with Gasteiger partial charge in [0.1, 0.15) is 11.5 Å². The quantitative estimate of drug-likeness (QED) is 0.578. The fourth-order valence-electron chi connectivity index (χ4n) is 2.57. The Balaban J connectivity index is 2.07. The number of halogens is 1. The van der Waals surface area contributed by atoms with Gasteiger partial charge >= 0.3 is 0 Å². The summed E-state index contributed by atoms with van der Waals surface area (Å²) in [5, 5.41) is 1.72. The third kappa shape index (κ3) is 1.78. The lowest BCUT2D eigenvalue weighted by atomic mass is 10.1. The molecule has 0 amide bonds. The second-order valence-corrected chi connectivity index (χ2v) is 4.94.